The van der Waals surface area contributed by atoms with Crippen molar-refractivity contribution in [3.8, 4) is 5.75 Å². The fourth-order valence-electron chi connectivity index (χ4n) is 2.37. The Balaban J connectivity index is 1.92. The number of esters is 1. The molecule has 27 heavy (non-hydrogen) atoms. The molecule has 8 heteroatoms. The summed E-state index contributed by atoms with van der Waals surface area (Å²) in [5.41, 5.74) is 1.87. The third-order valence-electron chi connectivity index (χ3n) is 3.59. The molecule has 2 rings (SSSR count). The van der Waals surface area contributed by atoms with Gasteiger partial charge in [0, 0.05) is 25.2 Å². The lowest BCUT2D eigenvalue weighted by Gasteiger charge is -2.15. The second-order valence-electron chi connectivity index (χ2n) is 5.84. The molecule has 0 aliphatic heterocycles. The van der Waals surface area contributed by atoms with Crippen LogP contribution < -0.4 is 4.74 Å². The molecule has 0 aliphatic rings. The summed E-state index contributed by atoms with van der Waals surface area (Å²) in [5.74, 6) is -0.0230. The van der Waals surface area contributed by atoms with Crippen molar-refractivity contribution < 1.29 is 26.9 Å². The molecular weight excluding hydrogens is 370 g/mol. The van der Waals surface area contributed by atoms with Gasteiger partial charge in [-0.25, -0.2) is 4.79 Å². The highest BCUT2D eigenvalue weighted by molar-refractivity contribution is 7.86. The molecule has 0 radical (unpaired) electrons. The van der Waals surface area contributed by atoms with Gasteiger partial charge in [0.25, 0.3) is 10.1 Å². The summed E-state index contributed by atoms with van der Waals surface area (Å²) in [6.45, 7) is 2.31. The zero-order chi connectivity index (χ0) is 19.7. The minimum Gasteiger partial charge on any atom is -0.493 e. The van der Waals surface area contributed by atoms with E-state index in [0.717, 1.165) is 23.8 Å². The molecule has 1 heterocycles. The van der Waals surface area contributed by atoms with Gasteiger partial charge in [-0.1, -0.05) is 12.1 Å². The Morgan fingerprint density at radius 2 is 1.74 bits per heavy atom. The maximum atomic E-state index is 11.9. The average molecular weight is 393 g/mol. The summed E-state index contributed by atoms with van der Waals surface area (Å²) >= 11 is 0. The number of hydrogen-bond acceptors (Lipinski definition) is 7. The van der Waals surface area contributed by atoms with E-state index in [1.165, 1.54) is 0 Å². The van der Waals surface area contributed by atoms with E-state index in [-0.39, 0.29) is 13.0 Å². The van der Waals surface area contributed by atoms with E-state index in [1.807, 2.05) is 12.1 Å². The number of rotatable bonds is 10. The van der Waals surface area contributed by atoms with Gasteiger partial charge in [0.15, 0.2) is 6.10 Å². The maximum absolute atomic E-state index is 11.9. The van der Waals surface area contributed by atoms with Gasteiger partial charge in [-0.2, -0.15) is 8.42 Å². The number of benzene rings is 1. The molecule has 0 spiro atoms. The van der Waals surface area contributed by atoms with Gasteiger partial charge in [0.1, 0.15) is 5.75 Å². The van der Waals surface area contributed by atoms with Crippen LogP contribution in [0.25, 0.3) is 0 Å². The first-order valence-corrected chi connectivity index (χ1v) is 10.3. The van der Waals surface area contributed by atoms with Gasteiger partial charge in [-0.3, -0.25) is 9.17 Å². The largest absolute Gasteiger partial charge is 0.493 e. The van der Waals surface area contributed by atoms with Crippen LogP contribution in [0.3, 0.4) is 0 Å². The number of carbonyl (C=O) groups excluding carboxylic acids is 1. The molecule has 7 nitrogen and oxygen atoms in total. The summed E-state index contributed by atoms with van der Waals surface area (Å²) in [5, 5.41) is 0. The number of pyridine rings is 1. The smallest absolute Gasteiger partial charge is 0.337 e. The molecule has 0 saturated heterocycles. The Morgan fingerprint density at radius 1 is 1.07 bits per heavy atom. The average Bonchev–Trinajstić information content (AvgIpc) is 2.62. The van der Waals surface area contributed by atoms with Gasteiger partial charge >= 0.3 is 5.97 Å². The molecular formula is C19H23NO6S. The second-order valence-corrected chi connectivity index (χ2v) is 7.44. The monoisotopic (exact) mass is 393 g/mol. The van der Waals surface area contributed by atoms with Crippen LogP contribution in [0.2, 0.25) is 0 Å². The van der Waals surface area contributed by atoms with Crippen LogP contribution >= 0.6 is 0 Å². The van der Waals surface area contributed by atoms with E-state index in [2.05, 4.69) is 4.98 Å². The first-order valence-electron chi connectivity index (χ1n) is 8.53. The lowest BCUT2D eigenvalue weighted by molar-refractivity contribution is -0.151. The summed E-state index contributed by atoms with van der Waals surface area (Å²) in [6, 6.07) is 10.9. The van der Waals surface area contributed by atoms with Crippen LogP contribution in [-0.2, 0) is 36.7 Å². The highest BCUT2D eigenvalue weighted by Crippen LogP contribution is 2.16. The van der Waals surface area contributed by atoms with Crippen molar-refractivity contribution >= 4 is 16.1 Å². The number of aromatic nitrogens is 1. The third kappa shape index (κ3) is 7.76. The lowest BCUT2D eigenvalue weighted by Crippen LogP contribution is -2.31. The van der Waals surface area contributed by atoms with Crippen LogP contribution in [0.15, 0.2) is 48.8 Å². The molecule has 1 atom stereocenters. The molecule has 0 N–H and O–H groups in total. The Hall–Kier alpha value is -2.45. The molecule has 0 aliphatic carbocycles. The van der Waals surface area contributed by atoms with E-state index in [1.54, 1.807) is 43.6 Å². The third-order valence-corrected chi connectivity index (χ3v) is 4.18. The first-order chi connectivity index (χ1) is 12.9. The van der Waals surface area contributed by atoms with Crippen LogP contribution in [0.5, 0.6) is 5.75 Å². The fraction of sp³-hybridized carbons (Fsp3) is 0.368. The van der Waals surface area contributed by atoms with Gasteiger partial charge in [0.05, 0.1) is 19.5 Å². The van der Waals surface area contributed by atoms with Gasteiger partial charge in [-0.05, 0) is 42.3 Å². The van der Waals surface area contributed by atoms with Crippen LogP contribution in [0, 0.1) is 0 Å². The predicted octanol–water partition coefficient (Wildman–Crippen LogP) is 2.15. The number of nitrogens with zero attached hydrogens (tertiary/aromatic N) is 1. The van der Waals surface area contributed by atoms with Crippen molar-refractivity contribution in [1.82, 2.24) is 4.98 Å². The second kappa shape index (κ2) is 10.0. The Kier molecular flexibility index (Phi) is 7.75. The minimum atomic E-state index is -3.78. The molecule has 1 aromatic heterocycles. The summed E-state index contributed by atoms with van der Waals surface area (Å²) in [7, 11) is -3.78. The summed E-state index contributed by atoms with van der Waals surface area (Å²) in [6.07, 6.45) is 4.02. The van der Waals surface area contributed by atoms with E-state index in [4.69, 9.17) is 13.7 Å². The minimum absolute atomic E-state index is 0.0865. The van der Waals surface area contributed by atoms with Gasteiger partial charge in [0.2, 0.25) is 0 Å². The van der Waals surface area contributed by atoms with Crippen LogP contribution in [0.4, 0.5) is 0 Å². The van der Waals surface area contributed by atoms with E-state index >= 15 is 0 Å². The van der Waals surface area contributed by atoms with Crippen molar-refractivity contribution in [2.45, 2.75) is 25.9 Å². The Morgan fingerprint density at radius 3 is 2.33 bits per heavy atom. The van der Waals surface area contributed by atoms with Crippen molar-refractivity contribution in [2.24, 2.45) is 0 Å². The van der Waals surface area contributed by atoms with Crippen molar-refractivity contribution in [2.75, 3.05) is 19.5 Å². The molecule has 146 valence electrons. The van der Waals surface area contributed by atoms with Crippen molar-refractivity contribution in [3.05, 3.63) is 59.9 Å². The SMILES string of the molecule is CCOC(=O)C(Cc1ccc(OCCc2ccncc2)cc1)OS(C)(=O)=O. The highest BCUT2D eigenvalue weighted by atomic mass is 32.2. The van der Waals surface area contributed by atoms with Crippen LogP contribution in [-0.4, -0.2) is 44.9 Å². The zero-order valence-electron chi connectivity index (χ0n) is 15.3. The number of carbonyl (C=O) groups is 1. The standard InChI is InChI=1S/C19H23NO6S/c1-3-24-19(21)18(26-27(2,22)23)14-16-4-6-17(7-5-16)25-13-10-15-8-11-20-12-9-15/h4-9,11-12,18H,3,10,13-14H2,1-2H3. The van der Waals surface area contributed by atoms with Crippen molar-refractivity contribution in [1.29, 1.82) is 0 Å². The highest BCUT2D eigenvalue weighted by Gasteiger charge is 2.25. The maximum Gasteiger partial charge on any atom is 0.337 e. The molecule has 0 saturated carbocycles. The zero-order valence-corrected chi connectivity index (χ0v) is 16.1. The van der Waals surface area contributed by atoms with E-state index in [0.29, 0.717) is 12.4 Å². The Labute approximate surface area is 159 Å². The van der Waals surface area contributed by atoms with Crippen LogP contribution in [0.1, 0.15) is 18.1 Å². The molecule has 0 fully saturated rings. The fourth-order valence-corrected chi connectivity index (χ4v) is 2.94. The summed E-state index contributed by atoms with van der Waals surface area (Å²) < 4.78 is 38.2. The lowest BCUT2D eigenvalue weighted by atomic mass is 10.1. The van der Waals surface area contributed by atoms with Gasteiger partial charge in [-0.15, -0.1) is 0 Å². The predicted molar refractivity (Wildman–Crippen MR) is 99.9 cm³/mol. The Bertz CT molecular complexity index is 821. The molecule has 2 aromatic rings. The molecule has 1 aromatic carbocycles. The molecule has 1 unspecified atom stereocenters. The van der Waals surface area contributed by atoms with E-state index < -0.39 is 22.2 Å². The van der Waals surface area contributed by atoms with E-state index in [9.17, 15) is 13.2 Å². The normalized spacial score (nSPS) is 12.4. The van der Waals surface area contributed by atoms with Crippen molar-refractivity contribution in [3.63, 3.8) is 0 Å². The van der Waals surface area contributed by atoms with Gasteiger partial charge < -0.3 is 9.47 Å². The number of hydrogen-bond donors (Lipinski definition) is 0. The quantitative estimate of drug-likeness (QED) is 0.451. The molecule has 0 bridgehead atoms. The first kappa shape index (κ1) is 20.9. The summed E-state index contributed by atoms with van der Waals surface area (Å²) in [4.78, 5) is 15.9. The number of ether oxygens (including phenoxy) is 2. The topological polar surface area (TPSA) is 91.8 Å². The molecule has 0 amide bonds.